The normalized spacial score (nSPS) is 20.6. The van der Waals surface area contributed by atoms with Crippen molar-refractivity contribution in [2.75, 3.05) is 0 Å². The van der Waals surface area contributed by atoms with E-state index in [1.54, 1.807) is 36.4 Å². The van der Waals surface area contributed by atoms with Gasteiger partial charge in [-0.1, -0.05) is 35.5 Å². The maximum Gasteiger partial charge on any atom is 0.458 e. The summed E-state index contributed by atoms with van der Waals surface area (Å²) in [6, 6.07) is 9.62. The maximum atomic E-state index is 13.5. The van der Waals surface area contributed by atoms with E-state index in [-0.39, 0.29) is 5.71 Å². The summed E-state index contributed by atoms with van der Waals surface area (Å²) in [5.74, 6) is -3.86. The highest BCUT2D eigenvalue weighted by Gasteiger charge is 2.60. The van der Waals surface area contributed by atoms with E-state index in [9.17, 15) is 22.7 Å². The smallest absolute Gasteiger partial charge is 0.350 e. The van der Waals surface area contributed by atoms with E-state index >= 15 is 0 Å². The minimum atomic E-state index is -4.93. The molecule has 0 aliphatic carbocycles. The third-order valence-corrected chi connectivity index (χ3v) is 3.67. The molecule has 1 aromatic heterocycles. The van der Waals surface area contributed by atoms with Crippen molar-refractivity contribution in [2.45, 2.75) is 24.8 Å². The molecule has 24 heavy (non-hydrogen) atoms. The number of nitrogens with zero attached hydrogens (tertiary/aromatic N) is 2. The molecule has 3 rings (SSSR count). The SMILES string of the molecule is OC1(C(F)(F)F)CC(c2ccc(Cc3cccnc3F)cc2)=NO1. The van der Waals surface area contributed by atoms with Gasteiger partial charge in [0.1, 0.15) is 0 Å². The minimum absolute atomic E-state index is 0.00562. The third kappa shape index (κ3) is 3.09. The summed E-state index contributed by atoms with van der Waals surface area (Å²) >= 11 is 0. The number of hydrogen-bond acceptors (Lipinski definition) is 4. The highest BCUT2D eigenvalue weighted by molar-refractivity contribution is 6.01. The minimum Gasteiger partial charge on any atom is -0.350 e. The molecule has 1 atom stereocenters. The number of halogens is 4. The Morgan fingerprint density at radius 3 is 2.46 bits per heavy atom. The van der Waals surface area contributed by atoms with Crippen LogP contribution in [0.25, 0.3) is 0 Å². The molecule has 0 radical (unpaired) electrons. The van der Waals surface area contributed by atoms with Crippen LogP contribution < -0.4 is 0 Å². The molecule has 0 amide bonds. The second kappa shape index (κ2) is 5.86. The van der Waals surface area contributed by atoms with Crippen LogP contribution in [0.5, 0.6) is 0 Å². The van der Waals surface area contributed by atoms with E-state index in [1.807, 2.05) is 0 Å². The molecule has 2 aromatic rings. The number of aliphatic hydroxyl groups is 1. The molecule has 2 heterocycles. The standard InChI is InChI=1S/C16H12F4N2O2/c17-14-12(2-1-7-21-14)8-10-3-5-11(6-4-10)13-9-15(23,24-22-13)16(18,19)20/h1-7,23H,8-9H2. The number of oxime groups is 1. The van der Waals surface area contributed by atoms with Crippen molar-refractivity contribution in [3.63, 3.8) is 0 Å². The molecule has 126 valence electrons. The molecule has 1 aromatic carbocycles. The lowest BCUT2D eigenvalue weighted by atomic mass is 9.99. The molecule has 0 fully saturated rings. The number of pyridine rings is 1. The lowest BCUT2D eigenvalue weighted by Gasteiger charge is -2.22. The van der Waals surface area contributed by atoms with Crippen LogP contribution in [-0.4, -0.2) is 27.8 Å². The lowest BCUT2D eigenvalue weighted by Crippen LogP contribution is -2.45. The van der Waals surface area contributed by atoms with Crippen LogP contribution >= 0.6 is 0 Å². The Morgan fingerprint density at radius 1 is 1.17 bits per heavy atom. The number of rotatable bonds is 3. The summed E-state index contributed by atoms with van der Waals surface area (Å²) in [5, 5.41) is 12.8. The van der Waals surface area contributed by atoms with Crippen molar-refractivity contribution in [3.05, 3.63) is 65.2 Å². The topological polar surface area (TPSA) is 54.7 Å². The second-order valence-electron chi connectivity index (χ2n) is 5.42. The van der Waals surface area contributed by atoms with Crippen molar-refractivity contribution >= 4 is 5.71 Å². The maximum absolute atomic E-state index is 13.5. The Hall–Kier alpha value is -2.48. The highest BCUT2D eigenvalue weighted by Crippen LogP contribution is 2.38. The summed E-state index contributed by atoms with van der Waals surface area (Å²) < 4.78 is 51.6. The fourth-order valence-corrected chi connectivity index (χ4v) is 2.31. The van der Waals surface area contributed by atoms with Crippen LogP contribution in [0.1, 0.15) is 23.1 Å². The second-order valence-corrected chi connectivity index (χ2v) is 5.42. The van der Waals surface area contributed by atoms with E-state index in [2.05, 4.69) is 15.0 Å². The number of alkyl halides is 3. The first kappa shape index (κ1) is 16.4. The molecule has 1 unspecified atom stereocenters. The van der Waals surface area contributed by atoms with Gasteiger partial charge in [-0.3, -0.25) is 0 Å². The molecule has 1 N–H and O–H groups in total. The van der Waals surface area contributed by atoms with Gasteiger partial charge < -0.3 is 9.94 Å². The Kier molecular flexibility index (Phi) is 4.00. The Morgan fingerprint density at radius 2 is 1.88 bits per heavy atom. The number of benzene rings is 1. The van der Waals surface area contributed by atoms with Crippen molar-refractivity contribution in [1.29, 1.82) is 0 Å². The van der Waals surface area contributed by atoms with Gasteiger partial charge in [-0.25, -0.2) is 4.98 Å². The Labute approximate surface area is 134 Å². The van der Waals surface area contributed by atoms with Crippen LogP contribution in [0.3, 0.4) is 0 Å². The van der Waals surface area contributed by atoms with Crippen molar-refractivity contribution in [2.24, 2.45) is 5.16 Å². The molecule has 0 bridgehead atoms. The summed E-state index contributed by atoms with van der Waals surface area (Å²) in [4.78, 5) is 7.73. The molecule has 1 aliphatic rings. The quantitative estimate of drug-likeness (QED) is 0.690. The summed E-state index contributed by atoms with van der Waals surface area (Å²) in [5.41, 5.74) is 1.56. The van der Waals surface area contributed by atoms with Crippen LogP contribution in [0.2, 0.25) is 0 Å². The number of aromatic nitrogens is 1. The zero-order chi connectivity index (χ0) is 17.4. The Bertz CT molecular complexity index is 774. The van der Waals surface area contributed by atoms with Gasteiger partial charge in [-0.2, -0.15) is 17.6 Å². The van der Waals surface area contributed by atoms with Crippen LogP contribution in [0.4, 0.5) is 17.6 Å². The van der Waals surface area contributed by atoms with Gasteiger partial charge in [0.05, 0.1) is 12.1 Å². The van der Waals surface area contributed by atoms with Gasteiger partial charge >= 0.3 is 12.0 Å². The van der Waals surface area contributed by atoms with Gasteiger partial charge in [-0.05, 0) is 17.2 Å². The first-order chi connectivity index (χ1) is 11.3. The van der Waals surface area contributed by atoms with Crippen molar-refractivity contribution in [1.82, 2.24) is 4.98 Å². The number of hydrogen-bond donors (Lipinski definition) is 1. The van der Waals surface area contributed by atoms with Gasteiger partial charge in [-0.15, -0.1) is 0 Å². The van der Waals surface area contributed by atoms with Crippen LogP contribution in [0, 0.1) is 5.95 Å². The van der Waals surface area contributed by atoms with E-state index in [1.165, 1.54) is 6.20 Å². The Balaban J connectivity index is 1.73. The molecule has 0 saturated heterocycles. The van der Waals surface area contributed by atoms with E-state index in [4.69, 9.17) is 0 Å². The van der Waals surface area contributed by atoms with Gasteiger partial charge in [0, 0.05) is 18.2 Å². The predicted octanol–water partition coefficient (Wildman–Crippen LogP) is 3.19. The zero-order valence-electron chi connectivity index (χ0n) is 12.2. The summed E-state index contributed by atoms with van der Waals surface area (Å²) in [7, 11) is 0. The average Bonchev–Trinajstić information content (AvgIpc) is 2.94. The monoisotopic (exact) mass is 340 g/mol. The molecular weight excluding hydrogens is 328 g/mol. The first-order valence-electron chi connectivity index (χ1n) is 7.01. The molecule has 0 saturated carbocycles. The van der Waals surface area contributed by atoms with Crippen molar-refractivity contribution < 1.29 is 27.5 Å². The molecule has 0 spiro atoms. The third-order valence-electron chi connectivity index (χ3n) is 3.67. The molecule has 8 heteroatoms. The van der Waals surface area contributed by atoms with Crippen LogP contribution in [0.15, 0.2) is 47.8 Å². The summed E-state index contributed by atoms with van der Waals surface area (Å²) in [6.45, 7) is 0. The fourth-order valence-electron chi connectivity index (χ4n) is 2.31. The van der Waals surface area contributed by atoms with E-state index in [0.717, 1.165) is 5.56 Å². The summed E-state index contributed by atoms with van der Waals surface area (Å²) in [6.07, 6.45) is -4.07. The van der Waals surface area contributed by atoms with Crippen LogP contribution in [-0.2, 0) is 11.3 Å². The largest absolute Gasteiger partial charge is 0.458 e. The van der Waals surface area contributed by atoms with Gasteiger partial charge in [0.2, 0.25) is 5.95 Å². The molecule has 4 nitrogen and oxygen atoms in total. The fraction of sp³-hybridized carbons (Fsp3) is 0.250. The average molecular weight is 340 g/mol. The van der Waals surface area contributed by atoms with Gasteiger partial charge in [0.15, 0.2) is 0 Å². The zero-order valence-corrected chi connectivity index (χ0v) is 12.2. The first-order valence-corrected chi connectivity index (χ1v) is 7.01. The molecular formula is C16H12F4N2O2. The van der Waals surface area contributed by atoms with Crippen molar-refractivity contribution in [3.8, 4) is 0 Å². The van der Waals surface area contributed by atoms with Gasteiger partial charge in [0.25, 0.3) is 0 Å². The lowest BCUT2D eigenvalue weighted by molar-refractivity contribution is -0.355. The van der Waals surface area contributed by atoms with E-state index < -0.39 is 24.3 Å². The predicted molar refractivity (Wildman–Crippen MR) is 76.7 cm³/mol. The highest BCUT2D eigenvalue weighted by atomic mass is 19.4. The molecule has 1 aliphatic heterocycles. The van der Waals surface area contributed by atoms with E-state index in [0.29, 0.717) is 17.5 Å².